The molecule has 0 aromatic carbocycles. The Kier molecular flexibility index (Phi) is 3.10. The SMILES string of the molecule is C/C=C1/NCC(C)N/C1=N/CN. The molecule has 4 nitrogen and oxygen atoms in total. The molecule has 4 N–H and O–H groups in total. The number of nitrogens with one attached hydrogen (secondary N) is 2. The van der Waals surface area contributed by atoms with Crippen LogP contribution in [0, 0.1) is 0 Å². The third-order valence-electron chi connectivity index (χ3n) is 1.78. The summed E-state index contributed by atoms with van der Waals surface area (Å²) in [6, 6.07) is 0.416. The molecule has 0 aromatic rings. The van der Waals surface area contributed by atoms with E-state index in [2.05, 4.69) is 22.5 Å². The van der Waals surface area contributed by atoms with Crippen LogP contribution in [0.15, 0.2) is 16.8 Å². The molecule has 1 unspecified atom stereocenters. The summed E-state index contributed by atoms with van der Waals surface area (Å²) in [6.07, 6.45) is 1.99. The molecular formula is C8H16N4. The van der Waals surface area contributed by atoms with E-state index in [1.165, 1.54) is 0 Å². The lowest BCUT2D eigenvalue weighted by Gasteiger charge is -2.26. The normalized spacial score (nSPS) is 30.1. The minimum Gasteiger partial charge on any atom is -0.380 e. The first-order valence-corrected chi connectivity index (χ1v) is 4.19. The molecule has 0 saturated carbocycles. The van der Waals surface area contributed by atoms with Crippen LogP contribution in [-0.2, 0) is 0 Å². The number of nitrogens with two attached hydrogens (primary N) is 1. The number of aliphatic imine (C=N–C) groups is 1. The molecule has 0 bridgehead atoms. The monoisotopic (exact) mass is 168 g/mol. The van der Waals surface area contributed by atoms with Crippen molar-refractivity contribution in [1.82, 2.24) is 10.6 Å². The summed E-state index contributed by atoms with van der Waals surface area (Å²) < 4.78 is 0. The molecule has 1 heterocycles. The zero-order valence-corrected chi connectivity index (χ0v) is 7.59. The topological polar surface area (TPSA) is 62.4 Å². The van der Waals surface area contributed by atoms with Crippen LogP contribution in [0.25, 0.3) is 0 Å². The lowest BCUT2D eigenvalue weighted by atomic mass is 10.2. The molecule has 4 heteroatoms. The summed E-state index contributed by atoms with van der Waals surface area (Å²) >= 11 is 0. The maximum atomic E-state index is 5.34. The van der Waals surface area contributed by atoms with Crippen molar-refractivity contribution in [1.29, 1.82) is 0 Å². The Bertz CT molecular complexity index is 207. The van der Waals surface area contributed by atoms with Gasteiger partial charge in [-0.15, -0.1) is 0 Å². The summed E-state index contributed by atoms with van der Waals surface area (Å²) in [6.45, 7) is 5.34. The smallest absolute Gasteiger partial charge is 0.145 e. The van der Waals surface area contributed by atoms with Gasteiger partial charge in [0.2, 0.25) is 0 Å². The quantitative estimate of drug-likeness (QED) is 0.507. The molecule has 0 radical (unpaired) electrons. The van der Waals surface area contributed by atoms with Gasteiger partial charge in [0, 0.05) is 12.6 Å². The van der Waals surface area contributed by atoms with Crippen molar-refractivity contribution in [3.63, 3.8) is 0 Å². The molecule has 1 aliphatic rings. The molecule has 0 aliphatic carbocycles. The van der Waals surface area contributed by atoms with Gasteiger partial charge in [-0.25, -0.2) is 0 Å². The first kappa shape index (κ1) is 9.06. The van der Waals surface area contributed by atoms with Crippen molar-refractivity contribution in [2.45, 2.75) is 19.9 Å². The largest absolute Gasteiger partial charge is 0.380 e. The van der Waals surface area contributed by atoms with E-state index in [4.69, 9.17) is 5.73 Å². The minimum atomic E-state index is 0.327. The molecule has 1 rings (SSSR count). The Morgan fingerprint density at radius 2 is 2.50 bits per heavy atom. The molecule has 12 heavy (non-hydrogen) atoms. The first-order valence-electron chi connectivity index (χ1n) is 4.19. The van der Waals surface area contributed by atoms with E-state index >= 15 is 0 Å². The van der Waals surface area contributed by atoms with E-state index in [0.29, 0.717) is 12.7 Å². The van der Waals surface area contributed by atoms with Crippen molar-refractivity contribution in [3.05, 3.63) is 11.8 Å². The fourth-order valence-electron chi connectivity index (χ4n) is 1.17. The van der Waals surface area contributed by atoms with E-state index in [1.807, 2.05) is 13.0 Å². The number of amidine groups is 1. The highest BCUT2D eigenvalue weighted by atomic mass is 15.1. The van der Waals surface area contributed by atoms with Gasteiger partial charge in [-0.05, 0) is 13.8 Å². The molecule has 1 atom stereocenters. The Balaban J connectivity index is 2.71. The second-order valence-electron chi connectivity index (χ2n) is 2.82. The standard InChI is InChI=1S/C8H16N4/c1-3-7-8(11-5-9)12-6(2)4-10-7/h3,6,10H,4-5,9H2,1-2H3,(H,11,12)/b7-3+. The van der Waals surface area contributed by atoms with E-state index in [0.717, 1.165) is 18.1 Å². The van der Waals surface area contributed by atoms with Crippen molar-refractivity contribution >= 4 is 5.84 Å². The van der Waals surface area contributed by atoms with Crippen molar-refractivity contribution in [2.75, 3.05) is 13.2 Å². The molecular weight excluding hydrogens is 152 g/mol. The second-order valence-corrected chi connectivity index (χ2v) is 2.82. The average Bonchev–Trinajstić information content (AvgIpc) is 2.05. The summed E-state index contributed by atoms with van der Waals surface area (Å²) in [4.78, 5) is 4.14. The molecule has 0 amide bonds. The molecule has 0 aromatic heterocycles. The number of hydrogen-bond donors (Lipinski definition) is 3. The summed E-state index contributed by atoms with van der Waals surface area (Å²) in [7, 11) is 0. The van der Waals surface area contributed by atoms with Crippen molar-refractivity contribution < 1.29 is 0 Å². The summed E-state index contributed by atoms with van der Waals surface area (Å²) in [5.41, 5.74) is 6.38. The summed E-state index contributed by atoms with van der Waals surface area (Å²) in [5.74, 6) is 0.874. The zero-order valence-electron chi connectivity index (χ0n) is 7.59. The van der Waals surface area contributed by atoms with Crippen LogP contribution in [0.1, 0.15) is 13.8 Å². The number of rotatable bonds is 1. The van der Waals surface area contributed by atoms with E-state index < -0.39 is 0 Å². The van der Waals surface area contributed by atoms with Crippen LogP contribution in [0.5, 0.6) is 0 Å². The average molecular weight is 168 g/mol. The number of nitrogens with zero attached hydrogens (tertiary/aromatic N) is 1. The number of allylic oxidation sites excluding steroid dienone is 1. The Labute approximate surface area is 72.9 Å². The fourth-order valence-corrected chi connectivity index (χ4v) is 1.17. The third-order valence-corrected chi connectivity index (χ3v) is 1.78. The Hall–Kier alpha value is -1.03. The highest BCUT2D eigenvalue weighted by Crippen LogP contribution is 1.99. The van der Waals surface area contributed by atoms with Gasteiger partial charge >= 0.3 is 0 Å². The molecule has 1 aliphatic heterocycles. The zero-order chi connectivity index (χ0) is 8.97. The van der Waals surface area contributed by atoms with Crippen LogP contribution in [0.2, 0.25) is 0 Å². The maximum Gasteiger partial charge on any atom is 0.145 e. The Morgan fingerprint density at radius 3 is 3.08 bits per heavy atom. The first-order chi connectivity index (χ1) is 5.77. The highest BCUT2D eigenvalue weighted by molar-refractivity contribution is 5.98. The van der Waals surface area contributed by atoms with E-state index in [-0.39, 0.29) is 0 Å². The highest BCUT2D eigenvalue weighted by Gasteiger charge is 2.15. The Morgan fingerprint density at radius 1 is 1.75 bits per heavy atom. The predicted molar refractivity (Wildman–Crippen MR) is 50.8 cm³/mol. The van der Waals surface area contributed by atoms with Gasteiger partial charge in [0.05, 0.1) is 12.4 Å². The predicted octanol–water partition coefficient (Wildman–Crippen LogP) is -0.214. The van der Waals surface area contributed by atoms with Gasteiger partial charge in [0.15, 0.2) is 0 Å². The third kappa shape index (κ3) is 1.98. The fraction of sp³-hybridized carbons (Fsp3) is 0.625. The van der Waals surface area contributed by atoms with Crippen LogP contribution in [0.3, 0.4) is 0 Å². The van der Waals surface area contributed by atoms with Gasteiger partial charge < -0.3 is 16.4 Å². The molecule has 68 valence electrons. The molecule has 1 saturated heterocycles. The van der Waals surface area contributed by atoms with Crippen molar-refractivity contribution in [2.24, 2.45) is 10.7 Å². The van der Waals surface area contributed by atoms with Gasteiger partial charge in [0.1, 0.15) is 5.84 Å². The van der Waals surface area contributed by atoms with E-state index in [1.54, 1.807) is 0 Å². The molecule has 1 fully saturated rings. The van der Waals surface area contributed by atoms with Gasteiger partial charge in [0.25, 0.3) is 0 Å². The second kappa shape index (κ2) is 4.11. The summed E-state index contributed by atoms with van der Waals surface area (Å²) in [5, 5.41) is 6.52. The van der Waals surface area contributed by atoms with Crippen LogP contribution >= 0.6 is 0 Å². The lowest BCUT2D eigenvalue weighted by Crippen LogP contribution is -2.49. The van der Waals surface area contributed by atoms with Gasteiger partial charge in [-0.3, -0.25) is 4.99 Å². The van der Waals surface area contributed by atoms with Crippen molar-refractivity contribution in [3.8, 4) is 0 Å². The maximum absolute atomic E-state index is 5.34. The van der Waals surface area contributed by atoms with E-state index in [9.17, 15) is 0 Å². The number of hydrogen-bond acceptors (Lipinski definition) is 3. The van der Waals surface area contributed by atoms with Crippen LogP contribution in [0.4, 0.5) is 0 Å². The number of piperazine rings is 1. The van der Waals surface area contributed by atoms with Crippen LogP contribution in [-0.4, -0.2) is 25.1 Å². The van der Waals surface area contributed by atoms with Crippen LogP contribution < -0.4 is 16.4 Å². The lowest BCUT2D eigenvalue weighted by molar-refractivity contribution is 0.585. The molecule has 0 spiro atoms. The van der Waals surface area contributed by atoms with Gasteiger partial charge in [-0.1, -0.05) is 6.08 Å². The minimum absolute atomic E-state index is 0.327. The van der Waals surface area contributed by atoms with Gasteiger partial charge in [-0.2, -0.15) is 0 Å².